The number of amides is 1. The third-order valence-electron chi connectivity index (χ3n) is 3.47. The van der Waals surface area contributed by atoms with Crippen molar-refractivity contribution in [3.8, 4) is 11.3 Å². The molecule has 8 heteroatoms. The Morgan fingerprint density at radius 3 is 2.91 bits per heavy atom. The van der Waals surface area contributed by atoms with Crippen molar-refractivity contribution in [3.63, 3.8) is 0 Å². The topological polar surface area (TPSA) is 59.3 Å². The monoisotopic (exact) mass is 352 g/mol. The second-order valence-corrected chi connectivity index (χ2v) is 6.82. The van der Waals surface area contributed by atoms with E-state index in [1.54, 1.807) is 16.6 Å². The average Bonchev–Trinajstić information content (AvgIpc) is 3.15. The second-order valence-electron chi connectivity index (χ2n) is 5.14. The Kier molecular flexibility index (Phi) is 3.32. The molecule has 1 aliphatic carbocycles. The summed E-state index contributed by atoms with van der Waals surface area (Å²) in [6.07, 6.45) is 1.89. The van der Waals surface area contributed by atoms with Gasteiger partial charge in [0.1, 0.15) is 0 Å². The molecule has 0 radical (unpaired) electrons. The molecule has 0 bridgehead atoms. The van der Waals surface area contributed by atoms with Gasteiger partial charge in [-0.2, -0.15) is 4.98 Å². The Bertz CT molecular complexity index is 884. The number of nitrogens with one attached hydrogen (secondary N) is 1. The number of nitrogens with zero attached hydrogens (tertiary/aromatic N) is 3. The van der Waals surface area contributed by atoms with Crippen LogP contribution in [0.1, 0.15) is 12.8 Å². The predicted molar refractivity (Wildman–Crippen MR) is 87.7 cm³/mol. The highest BCUT2D eigenvalue weighted by Gasteiger charge is 2.30. The summed E-state index contributed by atoms with van der Waals surface area (Å²) in [5.74, 6) is 0.436. The van der Waals surface area contributed by atoms with Crippen LogP contribution in [0.2, 0.25) is 10.0 Å². The highest BCUT2D eigenvalue weighted by molar-refractivity contribution is 7.15. The maximum Gasteiger partial charge on any atom is 0.250 e. The Hall–Kier alpha value is -1.63. The van der Waals surface area contributed by atoms with Crippen LogP contribution in [0, 0.1) is 5.92 Å². The van der Waals surface area contributed by atoms with Crippen molar-refractivity contribution in [2.45, 2.75) is 12.8 Å². The lowest BCUT2D eigenvalue weighted by Gasteiger charge is -2.02. The first kappa shape index (κ1) is 14.0. The molecule has 1 amide bonds. The molecular formula is C14H10Cl2N4OS. The van der Waals surface area contributed by atoms with E-state index in [1.165, 1.54) is 11.3 Å². The van der Waals surface area contributed by atoms with Gasteiger partial charge in [-0.05, 0) is 31.0 Å². The van der Waals surface area contributed by atoms with E-state index in [0.717, 1.165) is 24.1 Å². The molecule has 0 unspecified atom stereocenters. The highest BCUT2D eigenvalue weighted by atomic mass is 35.5. The fraction of sp³-hybridized carbons (Fsp3) is 0.214. The summed E-state index contributed by atoms with van der Waals surface area (Å²) in [5, 5.41) is 10.2. The van der Waals surface area contributed by atoms with Crippen LogP contribution >= 0.6 is 34.5 Å². The first-order valence-electron chi connectivity index (χ1n) is 6.72. The van der Waals surface area contributed by atoms with Gasteiger partial charge in [0.25, 0.3) is 0 Å². The van der Waals surface area contributed by atoms with Gasteiger partial charge < -0.3 is 0 Å². The van der Waals surface area contributed by atoms with Gasteiger partial charge in [-0.1, -0.05) is 23.2 Å². The number of hydrogen-bond acceptors (Lipinski definition) is 4. The van der Waals surface area contributed by atoms with Crippen molar-refractivity contribution in [1.82, 2.24) is 14.6 Å². The quantitative estimate of drug-likeness (QED) is 0.771. The molecule has 1 fully saturated rings. The van der Waals surface area contributed by atoms with Crippen LogP contribution < -0.4 is 5.32 Å². The predicted octanol–water partition coefficient (Wildman–Crippen LogP) is 4.11. The van der Waals surface area contributed by atoms with Gasteiger partial charge in [0, 0.05) is 21.9 Å². The molecule has 2 heterocycles. The smallest absolute Gasteiger partial charge is 0.250 e. The van der Waals surface area contributed by atoms with E-state index in [4.69, 9.17) is 23.2 Å². The number of halogens is 2. The maximum atomic E-state index is 11.8. The molecule has 112 valence electrons. The largest absolute Gasteiger partial charge is 0.293 e. The molecule has 1 aliphatic rings. The van der Waals surface area contributed by atoms with E-state index in [9.17, 15) is 4.79 Å². The van der Waals surface area contributed by atoms with Crippen molar-refractivity contribution in [3.05, 3.63) is 33.6 Å². The lowest BCUT2D eigenvalue weighted by Crippen LogP contribution is -2.14. The first-order valence-corrected chi connectivity index (χ1v) is 8.36. The number of anilines is 1. The number of carbonyl (C=O) groups is 1. The SMILES string of the molecule is O=C(Nc1nc2scc(-c3ccc(Cl)cc3Cl)n2n1)C1CC1. The number of fused-ring (bicyclic) bond motifs is 1. The molecule has 1 aromatic carbocycles. The summed E-state index contributed by atoms with van der Waals surface area (Å²) in [6, 6.07) is 5.31. The summed E-state index contributed by atoms with van der Waals surface area (Å²) >= 11 is 13.6. The molecule has 3 aromatic rings. The lowest BCUT2D eigenvalue weighted by atomic mass is 10.2. The fourth-order valence-corrected chi connectivity index (χ4v) is 3.50. The number of carbonyl (C=O) groups excluding carboxylic acids is 1. The number of rotatable bonds is 3. The number of hydrogen-bond donors (Lipinski definition) is 1. The van der Waals surface area contributed by atoms with Gasteiger partial charge in [0.05, 0.1) is 10.7 Å². The molecule has 1 saturated carbocycles. The van der Waals surface area contributed by atoms with Crippen LogP contribution in [0.25, 0.3) is 16.2 Å². The Balaban J connectivity index is 1.72. The summed E-state index contributed by atoms with van der Waals surface area (Å²) in [5.41, 5.74) is 1.64. The maximum absolute atomic E-state index is 11.8. The Morgan fingerprint density at radius 2 is 2.18 bits per heavy atom. The van der Waals surface area contributed by atoms with Gasteiger partial charge in [0.2, 0.25) is 16.8 Å². The van der Waals surface area contributed by atoms with Gasteiger partial charge in [-0.25, -0.2) is 4.52 Å². The van der Waals surface area contributed by atoms with Crippen LogP contribution in [0.3, 0.4) is 0 Å². The van der Waals surface area contributed by atoms with E-state index in [2.05, 4.69) is 15.4 Å². The lowest BCUT2D eigenvalue weighted by molar-refractivity contribution is -0.117. The molecular weight excluding hydrogens is 343 g/mol. The van der Waals surface area contributed by atoms with E-state index >= 15 is 0 Å². The summed E-state index contributed by atoms with van der Waals surface area (Å²) in [7, 11) is 0. The van der Waals surface area contributed by atoms with Gasteiger partial charge in [0.15, 0.2) is 0 Å². The summed E-state index contributed by atoms with van der Waals surface area (Å²) in [6.45, 7) is 0. The molecule has 5 nitrogen and oxygen atoms in total. The van der Waals surface area contributed by atoms with E-state index < -0.39 is 0 Å². The van der Waals surface area contributed by atoms with Crippen molar-refractivity contribution in [1.29, 1.82) is 0 Å². The zero-order chi connectivity index (χ0) is 15.3. The van der Waals surface area contributed by atoms with Gasteiger partial charge in [-0.15, -0.1) is 16.4 Å². The van der Waals surface area contributed by atoms with Crippen LogP contribution in [-0.2, 0) is 4.79 Å². The Labute approximate surface area is 139 Å². The van der Waals surface area contributed by atoms with Crippen molar-refractivity contribution >= 4 is 51.4 Å². The van der Waals surface area contributed by atoms with Crippen molar-refractivity contribution in [2.24, 2.45) is 5.92 Å². The van der Waals surface area contributed by atoms with E-state index in [0.29, 0.717) is 21.0 Å². The van der Waals surface area contributed by atoms with Crippen LogP contribution in [0.4, 0.5) is 5.95 Å². The second kappa shape index (κ2) is 5.22. The molecule has 4 rings (SSSR count). The van der Waals surface area contributed by atoms with Crippen molar-refractivity contribution in [2.75, 3.05) is 5.32 Å². The minimum atomic E-state index is -0.00988. The third-order valence-corrected chi connectivity index (χ3v) is 4.84. The molecule has 0 saturated heterocycles. The molecule has 2 aromatic heterocycles. The molecule has 0 spiro atoms. The van der Waals surface area contributed by atoms with E-state index in [-0.39, 0.29) is 11.8 Å². The minimum absolute atomic E-state index is 0.00988. The first-order chi connectivity index (χ1) is 10.6. The van der Waals surface area contributed by atoms with Gasteiger partial charge in [-0.3, -0.25) is 10.1 Å². The zero-order valence-electron chi connectivity index (χ0n) is 11.2. The number of aromatic nitrogens is 3. The third kappa shape index (κ3) is 2.47. The van der Waals surface area contributed by atoms with Gasteiger partial charge >= 0.3 is 0 Å². The minimum Gasteiger partial charge on any atom is -0.293 e. The Morgan fingerprint density at radius 1 is 1.36 bits per heavy atom. The van der Waals surface area contributed by atoms with Crippen LogP contribution in [0.5, 0.6) is 0 Å². The standard InChI is InChI=1S/C14H10Cl2N4OS/c15-8-3-4-9(10(16)5-8)11-6-22-14-18-13(19-20(11)14)17-12(21)7-1-2-7/h3-7H,1-2H2,(H,17,19,21). The van der Waals surface area contributed by atoms with Crippen LogP contribution in [-0.4, -0.2) is 20.5 Å². The van der Waals surface area contributed by atoms with Crippen molar-refractivity contribution < 1.29 is 4.79 Å². The summed E-state index contributed by atoms with van der Waals surface area (Å²) < 4.78 is 1.68. The number of benzene rings is 1. The fourth-order valence-electron chi connectivity index (χ4n) is 2.17. The highest BCUT2D eigenvalue weighted by Crippen LogP contribution is 2.33. The summed E-state index contributed by atoms with van der Waals surface area (Å²) in [4.78, 5) is 16.8. The van der Waals surface area contributed by atoms with Crippen LogP contribution in [0.15, 0.2) is 23.6 Å². The molecule has 22 heavy (non-hydrogen) atoms. The molecule has 0 atom stereocenters. The number of thiazole rings is 1. The molecule has 0 aliphatic heterocycles. The van der Waals surface area contributed by atoms with E-state index in [1.807, 2.05) is 11.4 Å². The molecule has 1 N–H and O–H groups in total. The zero-order valence-corrected chi connectivity index (χ0v) is 13.5. The normalized spacial score (nSPS) is 14.5. The average molecular weight is 353 g/mol.